The van der Waals surface area contributed by atoms with Gasteiger partial charge in [-0.1, -0.05) is 53.5 Å². The van der Waals surface area contributed by atoms with Crippen molar-refractivity contribution in [2.45, 2.75) is 89.1 Å². The molecule has 0 aliphatic carbocycles. The Morgan fingerprint density at radius 2 is 1.84 bits per heavy atom. The number of alkyl halides is 1. The minimum Gasteiger partial charge on any atom is -0.508 e. The number of phenols is 1. The van der Waals surface area contributed by atoms with Gasteiger partial charge in [-0.15, -0.1) is 5.54 Å². The van der Waals surface area contributed by atoms with E-state index in [-0.39, 0.29) is 29.5 Å². The first-order valence-electron chi connectivity index (χ1n) is 17.8. The van der Waals surface area contributed by atoms with Crippen LogP contribution in [0.3, 0.4) is 0 Å². The maximum atomic E-state index is 16.0. The average Bonchev–Trinajstić information content (AvgIpc) is 3.59. The number of fused-ring (bicyclic) bond motifs is 3. The summed E-state index contributed by atoms with van der Waals surface area (Å²) in [6.45, 7) is 15.1. The smallest absolute Gasteiger partial charge is 0.316 e. The number of aromatic nitrogens is 3. The molecule has 2 aromatic carbocycles. The van der Waals surface area contributed by atoms with Crippen molar-refractivity contribution in [1.82, 2.24) is 19.9 Å². The lowest BCUT2D eigenvalue weighted by Gasteiger charge is -2.38. The summed E-state index contributed by atoms with van der Waals surface area (Å²) in [5, 5.41) is 22.6. The number of pyridine rings is 1. The number of rotatable bonds is 10. The van der Waals surface area contributed by atoms with Crippen LogP contribution in [0.5, 0.6) is 11.8 Å². The Hall–Kier alpha value is -3.85. The summed E-state index contributed by atoms with van der Waals surface area (Å²) in [4.78, 5) is 18.3. The van der Waals surface area contributed by atoms with Crippen molar-refractivity contribution in [2.75, 3.05) is 44.8 Å². The van der Waals surface area contributed by atoms with Crippen LogP contribution in [0.1, 0.15) is 66.4 Å². The molecule has 2 aliphatic rings. The number of ether oxygens (including phenoxy) is 1. The van der Waals surface area contributed by atoms with Gasteiger partial charge in [-0.05, 0) is 65.7 Å². The van der Waals surface area contributed by atoms with Gasteiger partial charge in [0.15, 0.2) is 0 Å². The lowest BCUT2D eigenvalue weighted by Crippen LogP contribution is -2.43. The second-order valence-electron chi connectivity index (χ2n) is 15.1. The predicted octanol–water partition coefficient (Wildman–Crippen LogP) is 7.64. The molecule has 0 unspecified atom stereocenters. The van der Waals surface area contributed by atoms with E-state index in [0.29, 0.717) is 81.5 Å². The number of anilines is 1. The molecule has 2 N–H and O–H groups in total. The van der Waals surface area contributed by atoms with E-state index in [1.807, 2.05) is 11.9 Å². The molecular weight excluding hydrogens is 653 g/mol. The van der Waals surface area contributed by atoms with Gasteiger partial charge in [-0.2, -0.15) is 4.98 Å². The van der Waals surface area contributed by atoms with Gasteiger partial charge in [-0.3, -0.25) is 4.90 Å². The minimum atomic E-state index is -2.21. The highest BCUT2D eigenvalue weighted by Gasteiger charge is 2.49. The molecule has 0 bridgehead atoms. The molecular formula is C39H49F2N5O3Si. The second kappa shape index (κ2) is 14.0. The van der Waals surface area contributed by atoms with Crippen LogP contribution in [0.25, 0.3) is 32.9 Å². The van der Waals surface area contributed by atoms with Gasteiger partial charge >= 0.3 is 6.01 Å². The van der Waals surface area contributed by atoms with E-state index in [1.54, 1.807) is 30.5 Å². The molecule has 2 fully saturated rings. The van der Waals surface area contributed by atoms with Crippen LogP contribution in [0.15, 0.2) is 36.5 Å². The first-order valence-corrected chi connectivity index (χ1v) is 20.0. The number of nitrogens with zero attached hydrogens (tertiary/aromatic N) is 5. The number of phenolic OH excluding ortho intramolecular Hbond substituents is 1. The van der Waals surface area contributed by atoms with Crippen molar-refractivity contribution in [3.8, 4) is 34.5 Å². The maximum absolute atomic E-state index is 16.0. The molecule has 2 aliphatic heterocycles. The first-order chi connectivity index (χ1) is 23.8. The maximum Gasteiger partial charge on any atom is 0.316 e. The Morgan fingerprint density at radius 3 is 2.54 bits per heavy atom. The molecule has 2 saturated heterocycles. The Kier molecular flexibility index (Phi) is 10.1. The zero-order valence-corrected chi connectivity index (χ0v) is 31.2. The molecule has 4 aromatic rings. The van der Waals surface area contributed by atoms with Gasteiger partial charge in [0.05, 0.1) is 34.3 Å². The Balaban J connectivity index is 1.52. The highest BCUT2D eigenvalue weighted by Crippen LogP contribution is 2.43. The van der Waals surface area contributed by atoms with Crippen LogP contribution in [-0.2, 0) is 0 Å². The molecule has 0 amide bonds. The van der Waals surface area contributed by atoms with E-state index in [9.17, 15) is 14.6 Å². The van der Waals surface area contributed by atoms with Gasteiger partial charge in [0.1, 0.15) is 38.2 Å². The SMILES string of the molecule is CC(C)[Si](C#Cc1c(F)ccc2cc(O)cc(-c3cc4nc(OC[C@@]56CCCN5C[C@H](F)C6)ncc4c(N(C)CCO)n3)c12)(C(C)C)C(C)C. The van der Waals surface area contributed by atoms with Crippen LogP contribution in [-0.4, -0.2) is 89.7 Å². The summed E-state index contributed by atoms with van der Waals surface area (Å²) in [5.74, 6) is 3.44. The van der Waals surface area contributed by atoms with Crippen LogP contribution < -0.4 is 9.64 Å². The number of hydrogen-bond donors (Lipinski definition) is 2. The van der Waals surface area contributed by atoms with Crippen molar-refractivity contribution in [2.24, 2.45) is 0 Å². The molecule has 266 valence electrons. The lowest BCUT2D eigenvalue weighted by molar-refractivity contribution is 0.107. The van der Waals surface area contributed by atoms with Crippen LogP contribution in [0, 0.1) is 17.3 Å². The highest BCUT2D eigenvalue weighted by molar-refractivity contribution is 6.90. The van der Waals surface area contributed by atoms with E-state index in [1.165, 1.54) is 6.07 Å². The summed E-state index contributed by atoms with van der Waals surface area (Å²) in [6.07, 6.45) is 3.09. The highest BCUT2D eigenvalue weighted by atomic mass is 28.3. The molecule has 8 nitrogen and oxygen atoms in total. The summed E-state index contributed by atoms with van der Waals surface area (Å²) >= 11 is 0. The van der Waals surface area contributed by atoms with Gasteiger partial charge in [0.2, 0.25) is 0 Å². The Bertz CT molecular complexity index is 1940. The van der Waals surface area contributed by atoms with E-state index in [2.05, 4.69) is 62.9 Å². The summed E-state index contributed by atoms with van der Waals surface area (Å²) in [6, 6.07) is 8.23. The fraction of sp³-hybridized carbons (Fsp3) is 0.513. The van der Waals surface area contributed by atoms with Gasteiger partial charge in [0.25, 0.3) is 0 Å². The molecule has 2 atom stereocenters. The van der Waals surface area contributed by atoms with Crippen LogP contribution in [0.2, 0.25) is 16.6 Å². The third-order valence-electron chi connectivity index (χ3n) is 11.2. The van der Waals surface area contributed by atoms with E-state index >= 15 is 4.39 Å². The fourth-order valence-corrected chi connectivity index (χ4v) is 14.0. The zero-order chi connectivity index (χ0) is 36.0. The minimum absolute atomic E-state index is 0.00950. The number of hydrogen-bond acceptors (Lipinski definition) is 8. The number of aliphatic hydroxyl groups is 1. The molecule has 2 aromatic heterocycles. The number of aliphatic hydroxyl groups excluding tert-OH is 1. The summed E-state index contributed by atoms with van der Waals surface area (Å²) in [5.41, 5.74) is 6.19. The summed E-state index contributed by atoms with van der Waals surface area (Å²) < 4.78 is 36.6. The number of likely N-dealkylation sites (N-methyl/N-ethyl adjacent to an activating group) is 1. The molecule has 0 radical (unpaired) electrons. The van der Waals surface area contributed by atoms with E-state index in [4.69, 9.17) is 14.7 Å². The molecule has 4 heterocycles. The standard InChI is InChI=1S/C39H49F2N5O3Si/c1-24(2)50(25(3)4,26(5)6)16-11-30-33(41)10-9-27-17-29(48)18-31(36(27)30)34-19-35-32(37(43-34)45(7)14-15-47)21-42-38(44-35)49-23-39-12-8-13-46(39)22-28(40)20-39/h9-10,17-19,21,24-26,28,47-48H,8,12-15,20,22-23H2,1-7H3/t28-,39+/m1/s1. The third kappa shape index (κ3) is 6.42. The zero-order valence-electron chi connectivity index (χ0n) is 30.2. The largest absolute Gasteiger partial charge is 0.508 e. The third-order valence-corrected chi connectivity index (χ3v) is 17.5. The molecule has 0 spiro atoms. The topological polar surface area (TPSA) is 94.8 Å². The second-order valence-corrected chi connectivity index (χ2v) is 20.7. The Labute approximate surface area is 294 Å². The predicted molar refractivity (Wildman–Crippen MR) is 199 cm³/mol. The van der Waals surface area contributed by atoms with Crippen molar-refractivity contribution in [1.29, 1.82) is 0 Å². The fourth-order valence-electron chi connectivity index (χ4n) is 8.75. The van der Waals surface area contributed by atoms with Crippen molar-refractivity contribution in [3.05, 3.63) is 47.9 Å². The molecule has 6 rings (SSSR count). The lowest BCUT2D eigenvalue weighted by atomic mass is 9.95. The first kappa shape index (κ1) is 36.0. The van der Waals surface area contributed by atoms with Gasteiger partial charge in [-0.25, -0.2) is 18.7 Å². The molecule has 50 heavy (non-hydrogen) atoms. The van der Waals surface area contributed by atoms with Gasteiger partial charge in [0, 0.05) is 43.7 Å². The number of halogens is 2. The quantitative estimate of drug-likeness (QED) is 0.129. The normalized spacial score (nSPS) is 19.5. The van der Waals surface area contributed by atoms with Crippen LogP contribution >= 0.6 is 0 Å². The van der Waals surface area contributed by atoms with Crippen LogP contribution in [0.4, 0.5) is 14.6 Å². The van der Waals surface area contributed by atoms with Gasteiger partial charge < -0.3 is 19.8 Å². The number of aromatic hydroxyl groups is 1. The van der Waals surface area contributed by atoms with E-state index < -0.39 is 20.1 Å². The van der Waals surface area contributed by atoms with E-state index in [0.717, 1.165) is 19.4 Å². The average molecular weight is 702 g/mol. The molecule has 11 heteroatoms. The molecule has 0 saturated carbocycles. The number of benzene rings is 2. The Morgan fingerprint density at radius 1 is 1.10 bits per heavy atom. The summed E-state index contributed by atoms with van der Waals surface area (Å²) in [7, 11) is -0.394. The van der Waals surface area contributed by atoms with Crippen molar-refractivity contribution >= 4 is 35.6 Å². The van der Waals surface area contributed by atoms with Crippen molar-refractivity contribution in [3.63, 3.8) is 0 Å². The monoisotopic (exact) mass is 701 g/mol. The van der Waals surface area contributed by atoms with Crippen molar-refractivity contribution < 1.29 is 23.7 Å².